The number of methoxy groups -OCH3 is 1. The monoisotopic (exact) mass is 392 g/mol. The van der Waals surface area contributed by atoms with Crippen LogP contribution < -0.4 is 14.2 Å². The molecule has 0 aliphatic carbocycles. The summed E-state index contributed by atoms with van der Waals surface area (Å²) < 4.78 is 16.8. The number of hydrogen-bond acceptors (Lipinski definition) is 5. The number of benzene rings is 2. The van der Waals surface area contributed by atoms with Gasteiger partial charge >= 0.3 is 5.97 Å². The molecule has 6 heteroatoms. The van der Waals surface area contributed by atoms with Gasteiger partial charge in [0.05, 0.1) is 23.2 Å². The number of rotatable bonds is 6. The standard InChI is InChI=1S/C18H17BrO5/c1-11(2)23-15-7-5-13(9-14(15)19)18(21)24-16-6-4-12(10-20)8-17(16)22-3/h4-11H,1-3H3. The van der Waals surface area contributed by atoms with E-state index in [4.69, 9.17) is 14.2 Å². The van der Waals surface area contributed by atoms with Crippen LogP contribution in [0.25, 0.3) is 0 Å². The Morgan fingerprint density at radius 1 is 1.08 bits per heavy atom. The minimum Gasteiger partial charge on any atom is -0.493 e. The maximum atomic E-state index is 12.3. The van der Waals surface area contributed by atoms with Crippen LogP contribution >= 0.6 is 15.9 Å². The van der Waals surface area contributed by atoms with Gasteiger partial charge in [-0.1, -0.05) is 0 Å². The van der Waals surface area contributed by atoms with Gasteiger partial charge in [0.15, 0.2) is 11.5 Å². The third-order valence-electron chi connectivity index (χ3n) is 3.06. The van der Waals surface area contributed by atoms with Gasteiger partial charge in [0.1, 0.15) is 12.0 Å². The maximum absolute atomic E-state index is 12.3. The molecule has 0 spiro atoms. The molecule has 0 aliphatic rings. The predicted octanol–water partition coefficient (Wildman–Crippen LogP) is 4.28. The van der Waals surface area contributed by atoms with Gasteiger partial charge in [-0.15, -0.1) is 0 Å². The Morgan fingerprint density at radius 2 is 1.79 bits per heavy atom. The van der Waals surface area contributed by atoms with Gasteiger partial charge in [-0.05, 0) is 66.2 Å². The van der Waals surface area contributed by atoms with Gasteiger partial charge in [-0.3, -0.25) is 4.79 Å². The van der Waals surface area contributed by atoms with Crippen molar-refractivity contribution in [3.05, 3.63) is 52.0 Å². The van der Waals surface area contributed by atoms with Crippen LogP contribution in [0.2, 0.25) is 0 Å². The highest BCUT2D eigenvalue weighted by molar-refractivity contribution is 9.10. The van der Waals surface area contributed by atoms with Crippen molar-refractivity contribution in [1.82, 2.24) is 0 Å². The first kappa shape index (κ1) is 18.0. The summed E-state index contributed by atoms with van der Waals surface area (Å²) in [4.78, 5) is 23.1. The molecule has 0 radical (unpaired) electrons. The van der Waals surface area contributed by atoms with Crippen LogP contribution in [0, 0.1) is 0 Å². The summed E-state index contributed by atoms with van der Waals surface area (Å²) in [5, 5.41) is 0. The van der Waals surface area contributed by atoms with E-state index in [1.165, 1.54) is 19.2 Å². The molecule has 0 aliphatic heterocycles. The first-order valence-electron chi connectivity index (χ1n) is 7.26. The van der Waals surface area contributed by atoms with E-state index < -0.39 is 5.97 Å². The Kier molecular flexibility index (Phi) is 5.98. The Bertz CT molecular complexity index is 755. The lowest BCUT2D eigenvalue weighted by molar-refractivity contribution is 0.0729. The number of carbonyl (C=O) groups is 2. The molecule has 0 saturated heterocycles. The van der Waals surface area contributed by atoms with Crippen molar-refractivity contribution in [3.8, 4) is 17.2 Å². The average molecular weight is 393 g/mol. The highest BCUT2D eigenvalue weighted by Gasteiger charge is 2.15. The van der Waals surface area contributed by atoms with Gasteiger partial charge < -0.3 is 14.2 Å². The second kappa shape index (κ2) is 7.97. The third-order valence-corrected chi connectivity index (χ3v) is 3.68. The predicted molar refractivity (Wildman–Crippen MR) is 93.2 cm³/mol. The molecule has 0 N–H and O–H groups in total. The van der Waals surface area contributed by atoms with E-state index in [1.807, 2.05) is 13.8 Å². The molecule has 0 amide bonds. The first-order chi connectivity index (χ1) is 11.4. The Labute approximate surface area is 148 Å². The van der Waals surface area contributed by atoms with Crippen molar-refractivity contribution in [2.75, 3.05) is 7.11 Å². The molecule has 0 bridgehead atoms. The van der Waals surface area contributed by atoms with Crippen molar-refractivity contribution in [3.63, 3.8) is 0 Å². The van der Waals surface area contributed by atoms with E-state index in [9.17, 15) is 9.59 Å². The summed E-state index contributed by atoms with van der Waals surface area (Å²) in [6, 6.07) is 9.53. The number of hydrogen-bond donors (Lipinski definition) is 0. The summed E-state index contributed by atoms with van der Waals surface area (Å²) in [5.41, 5.74) is 0.795. The topological polar surface area (TPSA) is 61.8 Å². The van der Waals surface area contributed by atoms with E-state index in [1.54, 1.807) is 24.3 Å². The minimum absolute atomic E-state index is 0.0275. The number of aldehydes is 1. The van der Waals surface area contributed by atoms with Gasteiger partial charge in [-0.25, -0.2) is 4.79 Å². The summed E-state index contributed by atoms with van der Waals surface area (Å²) in [7, 11) is 1.44. The van der Waals surface area contributed by atoms with Gasteiger partial charge in [0, 0.05) is 5.56 Å². The molecular formula is C18H17BrO5. The molecule has 0 heterocycles. The molecule has 126 valence electrons. The van der Waals surface area contributed by atoms with Crippen molar-refractivity contribution in [2.45, 2.75) is 20.0 Å². The maximum Gasteiger partial charge on any atom is 0.343 e. The number of esters is 1. The van der Waals surface area contributed by atoms with Gasteiger partial charge in [-0.2, -0.15) is 0 Å². The zero-order chi connectivity index (χ0) is 17.7. The zero-order valence-electron chi connectivity index (χ0n) is 13.5. The molecule has 24 heavy (non-hydrogen) atoms. The Balaban J connectivity index is 2.21. The SMILES string of the molecule is COc1cc(C=O)ccc1OC(=O)c1ccc(OC(C)C)c(Br)c1. The quantitative estimate of drug-likeness (QED) is 0.417. The molecule has 2 aromatic carbocycles. The molecule has 0 atom stereocenters. The summed E-state index contributed by atoms with van der Waals surface area (Å²) in [6.07, 6.45) is 0.721. The summed E-state index contributed by atoms with van der Waals surface area (Å²) in [6.45, 7) is 3.84. The van der Waals surface area contributed by atoms with Gasteiger partial charge in [0.25, 0.3) is 0 Å². The molecule has 0 fully saturated rings. The van der Waals surface area contributed by atoms with Crippen LogP contribution in [-0.2, 0) is 0 Å². The zero-order valence-corrected chi connectivity index (χ0v) is 15.1. The molecule has 2 aromatic rings. The highest BCUT2D eigenvalue weighted by Crippen LogP contribution is 2.30. The van der Waals surface area contributed by atoms with Crippen LogP contribution in [-0.4, -0.2) is 25.5 Å². The second-order valence-corrected chi connectivity index (χ2v) is 6.08. The minimum atomic E-state index is -0.538. The van der Waals surface area contributed by atoms with Crippen molar-refractivity contribution in [1.29, 1.82) is 0 Å². The molecule has 2 rings (SSSR count). The van der Waals surface area contributed by atoms with E-state index >= 15 is 0 Å². The van der Waals surface area contributed by atoms with Crippen LogP contribution in [0.4, 0.5) is 0 Å². The lowest BCUT2D eigenvalue weighted by atomic mass is 10.2. The van der Waals surface area contributed by atoms with Crippen LogP contribution in [0.5, 0.6) is 17.2 Å². The van der Waals surface area contributed by atoms with Crippen molar-refractivity contribution in [2.24, 2.45) is 0 Å². The van der Waals surface area contributed by atoms with E-state index in [-0.39, 0.29) is 11.9 Å². The highest BCUT2D eigenvalue weighted by atomic mass is 79.9. The molecule has 0 aromatic heterocycles. The number of halogens is 1. The fraction of sp³-hybridized carbons (Fsp3) is 0.222. The molecule has 5 nitrogen and oxygen atoms in total. The largest absolute Gasteiger partial charge is 0.493 e. The first-order valence-corrected chi connectivity index (χ1v) is 8.05. The fourth-order valence-electron chi connectivity index (χ4n) is 1.98. The van der Waals surface area contributed by atoms with E-state index in [0.29, 0.717) is 33.4 Å². The fourth-order valence-corrected chi connectivity index (χ4v) is 2.45. The summed E-state index contributed by atoms with van der Waals surface area (Å²) >= 11 is 3.38. The molecular weight excluding hydrogens is 376 g/mol. The van der Waals surface area contributed by atoms with Crippen molar-refractivity contribution >= 4 is 28.2 Å². The lowest BCUT2D eigenvalue weighted by Crippen LogP contribution is -2.10. The van der Waals surface area contributed by atoms with E-state index in [2.05, 4.69) is 15.9 Å². The number of carbonyl (C=O) groups excluding carboxylic acids is 2. The lowest BCUT2D eigenvalue weighted by Gasteiger charge is -2.13. The third kappa shape index (κ3) is 4.35. The number of ether oxygens (including phenoxy) is 3. The molecule has 0 unspecified atom stereocenters. The van der Waals surface area contributed by atoms with Crippen LogP contribution in [0.1, 0.15) is 34.6 Å². The smallest absolute Gasteiger partial charge is 0.343 e. The van der Waals surface area contributed by atoms with E-state index in [0.717, 1.165) is 0 Å². The normalized spacial score (nSPS) is 10.4. The van der Waals surface area contributed by atoms with Crippen molar-refractivity contribution < 1.29 is 23.8 Å². The van der Waals surface area contributed by atoms with Crippen LogP contribution in [0.3, 0.4) is 0 Å². The Hall–Kier alpha value is -2.34. The van der Waals surface area contributed by atoms with Gasteiger partial charge in [0.2, 0.25) is 0 Å². The Morgan fingerprint density at radius 3 is 2.38 bits per heavy atom. The second-order valence-electron chi connectivity index (χ2n) is 5.23. The average Bonchev–Trinajstić information content (AvgIpc) is 2.56. The molecule has 0 saturated carbocycles. The van der Waals surface area contributed by atoms with Crippen LogP contribution in [0.15, 0.2) is 40.9 Å². The summed E-state index contributed by atoms with van der Waals surface area (Å²) in [5.74, 6) is 0.664.